The zero-order chi connectivity index (χ0) is 11.4. The summed E-state index contributed by atoms with van der Waals surface area (Å²) in [6, 6.07) is 0.559. The predicted octanol–water partition coefficient (Wildman–Crippen LogP) is 2.66. The fraction of sp³-hybridized carbons (Fsp3) is 1.00. The zero-order valence-electron chi connectivity index (χ0n) is 10.3. The van der Waals surface area contributed by atoms with Crippen molar-refractivity contribution in [1.29, 1.82) is 0 Å². The third kappa shape index (κ3) is 12.2. The molecule has 2 N–H and O–H groups in total. The van der Waals surface area contributed by atoms with Gasteiger partial charge in [-0.1, -0.05) is 12.8 Å². The molecule has 0 fully saturated rings. The predicted molar refractivity (Wildman–Crippen MR) is 70.6 cm³/mol. The van der Waals surface area contributed by atoms with E-state index in [4.69, 9.17) is 5.11 Å². The second-order valence-electron chi connectivity index (χ2n) is 4.13. The molecule has 1 unspecified atom stereocenters. The van der Waals surface area contributed by atoms with Gasteiger partial charge in [-0.25, -0.2) is 0 Å². The van der Waals surface area contributed by atoms with Crippen LogP contribution in [-0.2, 0) is 0 Å². The van der Waals surface area contributed by atoms with Gasteiger partial charge in [-0.15, -0.1) is 0 Å². The second kappa shape index (κ2) is 12.3. The number of unbranched alkanes of at least 4 members (excludes halogenated alkanes) is 3. The third-order valence-electron chi connectivity index (χ3n) is 2.56. The first kappa shape index (κ1) is 15.3. The normalized spacial score (nSPS) is 13.0. The van der Waals surface area contributed by atoms with E-state index >= 15 is 0 Å². The summed E-state index contributed by atoms with van der Waals surface area (Å²) in [6.45, 7) is 3.65. The highest BCUT2D eigenvalue weighted by molar-refractivity contribution is 7.98. The van der Waals surface area contributed by atoms with Crippen LogP contribution in [0.2, 0.25) is 0 Å². The summed E-state index contributed by atoms with van der Waals surface area (Å²) in [6.07, 6.45) is 9.54. The molecule has 0 aliphatic rings. The van der Waals surface area contributed by atoms with Gasteiger partial charge in [-0.2, -0.15) is 11.8 Å². The van der Waals surface area contributed by atoms with Gasteiger partial charge in [0, 0.05) is 12.6 Å². The lowest BCUT2D eigenvalue weighted by atomic mass is 10.1. The molecule has 0 amide bonds. The van der Waals surface area contributed by atoms with E-state index in [0.717, 1.165) is 19.4 Å². The van der Waals surface area contributed by atoms with E-state index in [1.54, 1.807) is 0 Å². The van der Waals surface area contributed by atoms with E-state index in [1.807, 2.05) is 11.8 Å². The van der Waals surface area contributed by atoms with E-state index in [1.165, 1.54) is 31.4 Å². The van der Waals surface area contributed by atoms with E-state index in [9.17, 15) is 0 Å². The van der Waals surface area contributed by atoms with Crippen molar-refractivity contribution < 1.29 is 5.11 Å². The second-order valence-corrected chi connectivity index (χ2v) is 5.11. The van der Waals surface area contributed by atoms with Crippen molar-refractivity contribution in [3.8, 4) is 0 Å². The molecule has 0 aromatic carbocycles. The van der Waals surface area contributed by atoms with Gasteiger partial charge in [-0.3, -0.25) is 0 Å². The van der Waals surface area contributed by atoms with Crippen molar-refractivity contribution in [2.24, 2.45) is 0 Å². The molecule has 92 valence electrons. The Morgan fingerprint density at radius 3 is 2.53 bits per heavy atom. The molecule has 0 heterocycles. The van der Waals surface area contributed by atoms with Crippen molar-refractivity contribution in [3.63, 3.8) is 0 Å². The number of aliphatic hydroxyl groups excluding tert-OH is 1. The maximum Gasteiger partial charge on any atom is 0.0431 e. The first-order valence-corrected chi connectivity index (χ1v) is 7.53. The molecule has 1 atom stereocenters. The minimum atomic E-state index is 0.320. The van der Waals surface area contributed by atoms with Crippen LogP contribution < -0.4 is 5.32 Å². The van der Waals surface area contributed by atoms with E-state index in [2.05, 4.69) is 18.5 Å². The fourth-order valence-electron chi connectivity index (χ4n) is 1.57. The fourth-order valence-corrected chi connectivity index (χ4v) is 2.07. The highest BCUT2D eigenvalue weighted by Crippen LogP contribution is 2.04. The zero-order valence-corrected chi connectivity index (χ0v) is 11.1. The van der Waals surface area contributed by atoms with Crippen LogP contribution in [0.25, 0.3) is 0 Å². The molecule has 0 saturated carbocycles. The summed E-state index contributed by atoms with van der Waals surface area (Å²) in [5.41, 5.74) is 0. The Morgan fingerprint density at radius 1 is 1.13 bits per heavy atom. The smallest absolute Gasteiger partial charge is 0.0431 e. The van der Waals surface area contributed by atoms with Gasteiger partial charge in [0.05, 0.1) is 0 Å². The summed E-state index contributed by atoms with van der Waals surface area (Å²) in [5, 5.41) is 12.2. The minimum absolute atomic E-state index is 0.320. The van der Waals surface area contributed by atoms with Crippen molar-refractivity contribution in [1.82, 2.24) is 5.32 Å². The SMILES string of the molecule is CSCCCCCCNC(C)CCCO. The maximum absolute atomic E-state index is 8.68. The largest absolute Gasteiger partial charge is 0.396 e. The molecule has 0 radical (unpaired) electrons. The molecule has 15 heavy (non-hydrogen) atoms. The van der Waals surface area contributed by atoms with Gasteiger partial charge < -0.3 is 10.4 Å². The molecule has 0 spiro atoms. The van der Waals surface area contributed by atoms with Crippen LogP contribution in [-0.4, -0.2) is 36.3 Å². The Labute approximate surface area is 99.2 Å². The third-order valence-corrected chi connectivity index (χ3v) is 3.26. The van der Waals surface area contributed by atoms with Gasteiger partial charge in [0.25, 0.3) is 0 Å². The highest BCUT2D eigenvalue weighted by atomic mass is 32.2. The number of thioether (sulfide) groups is 1. The van der Waals surface area contributed by atoms with Gasteiger partial charge in [0.15, 0.2) is 0 Å². The molecule has 0 aliphatic carbocycles. The van der Waals surface area contributed by atoms with Crippen LogP contribution >= 0.6 is 11.8 Å². The topological polar surface area (TPSA) is 32.3 Å². The number of hydrogen-bond acceptors (Lipinski definition) is 3. The lowest BCUT2D eigenvalue weighted by molar-refractivity contribution is 0.276. The van der Waals surface area contributed by atoms with Gasteiger partial charge >= 0.3 is 0 Å². The lowest BCUT2D eigenvalue weighted by Gasteiger charge is -2.12. The molecule has 3 heteroatoms. The van der Waals surface area contributed by atoms with Crippen molar-refractivity contribution in [3.05, 3.63) is 0 Å². The van der Waals surface area contributed by atoms with E-state index < -0.39 is 0 Å². The molecular formula is C12H27NOS. The van der Waals surface area contributed by atoms with Crippen LogP contribution in [0.5, 0.6) is 0 Å². The summed E-state index contributed by atoms with van der Waals surface area (Å²) in [5.74, 6) is 1.31. The summed E-state index contributed by atoms with van der Waals surface area (Å²) in [7, 11) is 0. The average Bonchev–Trinajstić information content (AvgIpc) is 2.25. The van der Waals surface area contributed by atoms with Gasteiger partial charge in [0.2, 0.25) is 0 Å². The molecule has 0 aromatic rings. The van der Waals surface area contributed by atoms with Crippen LogP contribution in [0.15, 0.2) is 0 Å². The summed E-state index contributed by atoms with van der Waals surface area (Å²) in [4.78, 5) is 0. The molecule has 0 bridgehead atoms. The van der Waals surface area contributed by atoms with E-state index in [0.29, 0.717) is 12.6 Å². The van der Waals surface area contributed by atoms with Crippen LogP contribution in [0.4, 0.5) is 0 Å². The van der Waals surface area contributed by atoms with E-state index in [-0.39, 0.29) is 0 Å². The maximum atomic E-state index is 8.68. The van der Waals surface area contributed by atoms with Crippen LogP contribution in [0, 0.1) is 0 Å². The molecular weight excluding hydrogens is 206 g/mol. The molecule has 0 rings (SSSR count). The quantitative estimate of drug-likeness (QED) is 0.538. The Bertz CT molecular complexity index is 122. The Kier molecular flexibility index (Phi) is 12.6. The number of rotatable bonds is 11. The van der Waals surface area contributed by atoms with Crippen LogP contribution in [0.1, 0.15) is 45.4 Å². The number of aliphatic hydroxyl groups is 1. The van der Waals surface area contributed by atoms with Crippen molar-refractivity contribution in [2.45, 2.75) is 51.5 Å². The molecule has 0 aromatic heterocycles. The standard InChI is InChI=1S/C12H27NOS/c1-12(8-7-10-14)13-9-5-3-4-6-11-15-2/h12-14H,3-11H2,1-2H3. The molecule has 2 nitrogen and oxygen atoms in total. The van der Waals surface area contributed by atoms with Gasteiger partial charge in [-0.05, 0) is 51.2 Å². The average molecular weight is 233 g/mol. The van der Waals surface area contributed by atoms with Crippen LogP contribution in [0.3, 0.4) is 0 Å². The molecule has 0 saturated heterocycles. The first-order valence-electron chi connectivity index (χ1n) is 6.14. The first-order chi connectivity index (χ1) is 7.31. The van der Waals surface area contributed by atoms with Gasteiger partial charge in [0.1, 0.15) is 0 Å². The Balaban J connectivity index is 3.02. The number of nitrogens with one attached hydrogen (secondary N) is 1. The Hall–Kier alpha value is 0.270. The minimum Gasteiger partial charge on any atom is -0.396 e. The summed E-state index contributed by atoms with van der Waals surface area (Å²) >= 11 is 1.94. The highest BCUT2D eigenvalue weighted by Gasteiger charge is 1.99. The number of hydrogen-bond donors (Lipinski definition) is 2. The lowest BCUT2D eigenvalue weighted by Crippen LogP contribution is -2.27. The Morgan fingerprint density at radius 2 is 1.87 bits per heavy atom. The molecule has 0 aliphatic heterocycles. The van der Waals surface area contributed by atoms with Crippen molar-refractivity contribution >= 4 is 11.8 Å². The monoisotopic (exact) mass is 233 g/mol. The summed E-state index contributed by atoms with van der Waals surface area (Å²) < 4.78 is 0. The van der Waals surface area contributed by atoms with Crippen molar-refractivity contribution in [2.75, 3.05) is 25.2 Å².